The minimum atomic E-state index is -0.291. The summed E-state index contributed by atoms with van der Waals surface area (Å²) in [6.45, 7) is 4.86. The number of hydrogen-bond donors (Lipinski definition) is 2. The Hall–Kier alpha value is -1.13. The van der Waals surface area contributed by atoms with Crippen LogP contribution in [0.15, 0.2) is 18.2 Å². The smallest absolute Gasteiger partial charge is 0.221 e. The van der Waals surface area contributed by atoms with Crippen LogP contribution >= 0.6 is 11.6 Å². The molecule has 0 saturated carbocycles. The third-order valence-electron chi connectivity index (χ3n) is 2.87. The maximum Gasteiger partial charge on any atom is 0.221 e. The van der Waals surface area contributed by atoms with Gasteiger partial charge in [0.1, 0.15) is 5.82 Å². The molecule has 19 heavy (non-hydrogen) atoms. The van der Waals surface area contributed by atoms with E-state index in [-0.39, 0.29) is 17.8 Å². The van der Waals surface area contributed by atoms with Gasteiger partial charge in [-0.25, -0.2) is 4.39 Å². The van der Waals surface area contributed by atoms with Crippen LogP contribution in [0.4, 0.5) is 4.39 Å². The van der Waals surface area contributed by atoms with Crippen LogP contribution < -0.4 is 10.6 Å². The lowest BCUT2D eigenvalue weighted by atomic mass is 10.2. The second-order valence-corrected chi connectivity index (χ2v) is 4.98. The Labute approximate surface area is 118 Å². The molecule has 1 unspecified atom stereocenters. The van der Waals surface area contributed by atoms with Gasteiger partial charge < -0.3 is 10.6 Å². The van der Waals surface area contributed by atoms with Crippen LogP contribution in [0.3, 0.4) is 0 Å². The third-order valence-corrected chi connectivity index (χ3v) is 3.11. The molecule has 1 atom stereocenters. The number of amides is 1. The highest BCUT2D eigenvalue weighted by Crippen LogP contribution is 2.14. The Kier molecular flexibility index (Phi) is 6.81. The lowest BCUT2D eigenvalue weighted by Gasteiger charge is -2.11. The molecular weight excluding hydrogens is 267 g/mol. The van der Waals surface area contributed by atoms with E-state index in [0.717, 1.165) is 6.42 Å². The predicted octanol–water partition coefficient (Wildman–Crippen LogP) is 2.87. The van der Waals surface area contributed by atoms with Gasteiger partial charge in [0.2, 0.25) is 5.91 Å². The second-order valence-electron chi connectivity index (χ2n) is 4.54. The Balaban J connectivity index is 2.27. The number of carbonyl (C=O) groups excluding carboxylic acids is 1. The zero-order chi connectivity index (χ0) is 14.3. The molecule has 3 nitrogen and oxygen atoms in total. The average molecular weight is 287 g/mol. The van der Waals surface area contributed by atoms with Crippen LogP contribution in [-0.2, 0) is 11.3 Å². The van der Waals surface area contributed by atoms with Gasteiger partial charge in [0.25, 0.3) is 0 Å². The summed E-state index contributed by atoms with van der Waals surface area (Å²) >= 11 is 5.79. The second kappa shape index (κ2) is 8.12. The van der Waals surface area contributed by atoms with Crippen LogP contribution in [0.5, 0.6) is 0 Å². The zero-order valence-electron chi connectivity index (χ0n) is 11.3. The van der Waals surface area contributed by atoms with Crippen molar-refractivity contribution in [1.82, 2.24) is 10.6 Å². The maximum atomic E-state index is 13.4. The fourth-order valence-corrected chi connectivity index (χ4v) is 1.75. The summed E-state index contributed by atoms with van der Waals surface area (Å²) in [4.78, 5) is 11.5. The van der Waals surface area contributed by atoms with Gasteiger partial charge in [-0.2, -0.15) is 0 Å². The molecule has 1 amide bonds. The largest absolute Gasteiger partial charge is 0.354 e. The van der Waals surface area contributed by atoms with Crippen LogP contribution in [0.1, 0.15) is 32.3 Å². The summed E-state index contributed by atoms with van der Waals surface area (Å²) in [5.74, 6) is -0.283. The molecule has 1 aromatic rings. The van der Waals surface area contributed by atoms with Crippen LogP contribution in [0, 0.1) is 5.82 Å². The molecule has 0 heterocycles. The van der Waals surface area contributed by atoms with Crippen molar-refractivity contribution in [3.8, 4) is 0 Å². The first-order valence-electron chi connectivity index (χ1n) is 6.47. The summed E-state index contributed by atoms with van der Waals surface area (Å²) in [5, 5.41) is 6.41. The molecule has 0 aliphatic carbocycles. The molecule has 0 fully saturated rings. The summed E-state index contributed by atoms with van der Waals surface area (Å²) in [6.07, 6.45) is 1.29. The number of benzene rings is 1. The Morgan fingerprint density at radius 2 is 2.21 bits per heavy atom. The van der Waals surface area contributed by atoms with E-state index in [1.54, 1.807) is 6.07 Å². The molecule has 0 aromatic heterocycles. The van der Waals surface area contributed by atoms with Crippen molar-refractivity contribution >= 4 is 17.5 Å². The highest BCUT2D eigenvalue weighted by atomic mass is 35.5. The topological polar surface area (TPSA) is 41.1 Å². The first-order chi connectivity index (χ1) is 9.02. The van der Waals surface area contributed by atoms with Gasteiger partial charge in [0.05, 0.1) is 0 Å². The van der Waals surface area contributed by atoms with E-state index in [1.807, 2.05) is 13.8 Å². The standard InChI is InChI=1S/C14H20ClFN2O/c1-3-10(2)18-14(19)6-7-17-9-11-8-12(15)4-5-13(11)16/h4-5,8,10,17H,3,6-7,9H2,1-2H3,(H,18,19). The molecular formula is C14H20ClFN2O. The predicted molar refractivity (Wildman–Crippen MR) is 75.6 cm³/mol. The van der Waals surface area contributed by atoms with Crippen molar-refractivity contribution in [2.24, 2.45) is 0 Å². The van der Waals surface area contributed by atoms with E-state index in [1.165, 1.54) is 12.1 Å². The molecule has 1 rings (SSSR count). The van der Waals surface area contributed by atoms with Gasteiger partial charge in [-0.05, 0) is 31.5 Å². The van der Waals surface area contributed by atoms with Crippen molar-refractivity contribution in [3.63, 3.8) is 0 Å². The van der Waals surface area contributed by atoms with E-state index in [2.05, 4.69) is 10.6 Å². The molecule has 1 aromatic carbocycles. The van der Waals surface area contributed by atoms with Crippen LogP contribution in [-0.4, -0.2) is 18.5 Å². The minimum absolute atomic E-state index is 0.00779. The number of nitrogens with one attached hydrogen (secondary N) is 2. The summed E-state index contributed by atoms with van der Waals surface area (Å²) in [7, 11) is 0. The van der Waals surface area contributed by atoms with Crippen molar-refractivity contribution < 1.29 is 9.18 Å². The highest BCUT2D eigenvalue weighted by molar-refractivity contribution is 6.30. The Morgan fingerprint density at radius 1 is 1.47 bits per heavy atom. The number of rotatable bonds is 7. The zero-order valence-corrected chi connectivity index (χ0v) is 12.1. The SMILES string of the molecule is CCC(C)NC(=O)CCNCc1cc(Cl)ccc1F. The van der Waals surface area contributed by atoms with Crippen LogP contribution in [0.25, 0.3) is 0 Å². The molecule has 0 radical (unpaired) electrons. The van der Waals surface area contributed by atoms with Gasteiger partial charge in [-0.1, -0.05) is 18.5 Å². The first-order valence-corrected chi connectivity index (χ1v) is 6.84. The molecule has 106 valence electrons. The monoisotopic (exact) mass is 286 g/mol. The summed E-state index contributed by atoms with van der Waals surface area (Å²) in [6, 6.07) is 4.64. The average Bonchev–Trinajstić information content (AvgIpc) is 2.38. The third kappa shape index (κ3) is 6.03. The highest BCUT2D eigenvalue weighted by Gasteiger charge is 2.06. The minimum Gasteiger partial charge on any atom is -0.354 e. The van der Waals surface area contributed by atoms with Crippen molar-refractivity contribution in [2.45, 2.75) is 39.3 Å². The summed E-state index contributed by atoms with van der Waals surface area (Å²) < 4.78 is 13.4. The van der Waals surface area contributed by atoms with Crippen molar-refractivity contribution in [1.29, 1.82) is 0 Å². The normalized spacial score (nSPS) is 12.2. The van der Waals surface area contributed by atoms with Gasteiger partial charge in [-0.15, -0.1) is 0 Å². The van der Waals surface area contributed by atoms with E-state index in [4.69, 9.17) is 11.6 Å². The van der Waals surface area contributed by atoms with Crippen LogP contribution in [0.2, 0.25) is 5.02 Å². The fraction of sp³-hybridized carbons (Fsp3) is 0.500. The first kappa shape index (κ1) is 15.9. The number of halogens is 2. The van der Waals surface area contributed by atoms with Crippen molar-refractivity contribution in [3.05, 3.63) is 34.6 Å². The van der Waals surface area contributed by atoms with Gasteiger partial charge in [0.15, 0.2) is 0 Å². The van der Waals surface area contributed by atoms with Gasteiger partial charge in [0, 0.05) is 36.1 Å². The summed E-state index contributed by atoms with van der Waals surface area (Å²) in [5.41, 5.74) is 0.509. The Morgan fingerprint density at radius 3 is 2.89 bits per heavy atom. The lowest BCUT2D eigenvalue weighted by Crippen LogP contribution is -2.33. The van der Waals surface area contributed by atoms with Gasteiger partial charge >= 0.3 is 0 Å². The van der Waals surface area contributed by atoms with E-state index >= 15 is 0 Å². The molecule has 0 bridgehead atoms. The fourth-order valence-electron chi connectivity index (χ4n) is 1.55. The molecule has 5 heteroatoms. The number of carbonyl (C=O) groups is 1. The lowest BCUT2D eigenvalue weighted by molar-refractivity contribution is -0.121. The molecule has 0 saturated heterocycles. The van der Waals surface area contributed by atoms with E-state index in [9.17, 15) is 9.18 Å². The quantitative estimate of drug-likeness (QED) is 0.757. The molecule has 2 N–H and O–H groups in total. The molecule has 0 aliphatic rings. The van der Waals surface area contributed by atoms with Gasteiger partial charge in [-0.3, -0.25) is 4.79 Å². The molecule has 0 spiro atoms. The van der Waals surface area contributed by atoms with E-state index in [0.29, 0.717) is 30.1 Å². The van der Waals surface area contributed by atoms with Crippen molar-refractivity contribution in [2.75, 3.05) is 6.54 Å². The molecule has 0 aliphatic heterocycles. The maximum absolute atomic E-state index is 13.4. The van der Waals surface area contributed by atoms with E-state index < -0.39 is 0 Å². The number of hydrogen-bond acceptors (Lipinski definition) is 2. The Bertz CT molecular complexity index is 426.